The van der Waals surface area contributed by atoms with Crippen molar-refractivity contribution in [3.8, 4) is 5.75 Å². The van der Waals surface area contributed by atoms with E-state index in [0.717, 1.165) is 0 Å². The van der Waals surface area contributed by atoms with Gasteiger partial charge in [0.1, 0.15) is 5.75 Å². The Kier molecular flexibility index (Phi) is 6.25. The SMILES string of the molecule is CCC(C(=O)c1ccc(O)cc1)N1CCC(O)(C2C=C(Cl)SC2Cl)CC1. The second-order valence-electron chi connectivity index (χ2n) is 6.94. The molecule has 0 amide bonds. The monoisotopic (exact) mass is 415 g/mol. The molecule has 0 saturated carbocycles. The Morgan fingerprint density at radius 1 is 1.35 bits per heavy atom. The summed E-state index contributed by atoms with van der Waals surface area (Å²) in [5.74, 6) is 0.0265. The van der Waals surface area contributed by atoms with E-state index in [9.17, 15) is 15.0 Å². The third-order valence-corrected chi connectivity index (χ3v) is 7.20. The van der Waals surface area contributed by atoms with Gasteiger partial charge in [-0.15, -0.1) is 11.6 Å². The van der Waals surface area contributed by atoms with Gasteiger partial charge in [-0.2, -0.15) is 0 Å². The molecule has 7 heteroatoms. The summed E-state index contributed by atoms with van der Waals surface area (Å²) in [7, 11) is 0. The smallest absolute Gasteiger partial charge is 0.179 e. The van der Waals surface area contributed by atoms with Gasteiger partial charge >= 0.3 is 0 Å². The maximum absolute atomic E-state index is 12.9. The van der Waals surface area contributed by atoms with E-state index >= 15 is 0 Å². The number of nitrogens with zero attached hydrogens (tertiary/aromatic N) is 1. The van der Waals surface area contributed by atoms with Gasteiger partial charge in [0.25, 0.3) is 0 Å². The number of carbonyl (C=O) groups excluding carboxylic acids is 1. The molecular weight excluding hydrogens is 393 g/mol. The first-order chi connectivity index (χ1) is 12.3. The predicted octanol–water partition coefficient (Wildman–Crippen LogP) is 4.19. The molecule has 142 valence electrons. The number of halogens is 2. The van der Waals surface area contributed by atoms with Crippen molar-refractivity contribution in [3.05, 3.63) is 40.3 Å². The number of hydrogen-bond acceptors (Lipinski definition) is 5. The van der Waals surface area contributed by atoms with Crippen LogP contribution >= 0.6 is 35.0 Å². The van der Waals surface area contributed by atoms with Gasteiger partial charge in [0.2, 0.25) is 0 Å². The molecule has 1 aromatic rings. The van der Waals surface area contributed by atoms with Gasteiger partial charge in [-0.25, -0.2) is 0 Å². The first-order valence-electron chi connectivity index (χ1n) is 8.82. The van der Waals surface area contributed by atoms with Crippen molar-refractivity contribution in [1.82, 2.24) is 4.90 Å². The number of phenolic OH excluding ortho intramolecular Hbond substituents is 1. The second-order valence-corrected chi connectivity index (χ2v) is 9.48. The van der Waals surface area contributed by atoms with Crippen LogP contribution in [0.25, 0.3) is 0 Å². The highest BCUT2D eigenvalue weighted by atomic mass is 35.5. The number of aliphatic hydroxyl groups is 1. The molecule has 1 fully saturated rings. The Morgan fingerprint density at radius 2 is 1.96 bits per heavy atom. The maximum Gasteiger partial charge on any atom is 0.179 e. The van der Waals surface area contributed by atoms with E-state index in [1.54, 1.807) is 12.1 Å². The Bertz CT molecular complexity index is 687. The Hall–Kier alpha value is -0.720. The summed E-state index contributed by atoms with van der Waals surface area (Å²) < 4.78 is 0.388. The lowest BCUT2D eigenvalue weighted by Crippen LogP contribution is -2.53. The summed E-state index contributed by atoms with van der Waals surface area (Å²) in [6, 6.07) is 6.14. The average Bonchev–Trinajstić information content (AvgIpc) is 2.97. The van der Waals surface area contributed by atoms with E-state index in [1.807, 2.05) is 13.0 Å². The van der Waals surface area contributed by atoms with E-state index < -0.39 is 5.60 Å². The molecule has 3 atom stereocenters. The van der Waals surface area contributed by atoms with Crippen molar-refractivity contribution in [2.45, 2.75) is 42.5 Å². The molecule has 26 heavy (non-hydrogen) atoms. The van der Waals surface area contributed by atoms with Gasteiger partial charge < -0.3 is 10.2 Å². The molecule has 3 unspecified atom stereocenters. The molecule has 1 aromatic carbocycles. The molecule has 2 heterocycles. The van der Waals surface area contributed by atoms with Gasteiger partial charge in [0.05, 0.1) is 20.7 Å². The number of carbonyl (C=O) groups is 1. The van der Waals surface area contributed by atoms with Crippen LogP contribution in [0.1, 0.15) is 36.5 Å². The van der Waals surface area contributed by atoms with Crippen molar-refractivity contribution in [2.24, 2.45) is 5.92 Å². The maximum atomic E-state index is 12.9. The molecule has 2 aliphatic heterocycles. The first-order valence-corrected chi connectivity index (χ1v) is 10.5. The Morgan fingerprint density at radius 3 is 2.46 bits per heavy atom. The van der Waals surface area contributed by atoms with Gasteiger partial charge in [0, 0.05) is 24.6 Å². The number of aromatic hydroxyl groups is 1. The predicted molar refractivity (Wildman–Crippen MR) is 107 cm³/mol. The van der Waals surface area contributed by atoms with Gasteiger partial charge in [-0.3, -0.25) is 9.69 Å². The number of alkyl halides is 1. The molecule has 0 spiro atoms. The molecule has 0 bridgehead atoms. The first kappa shape index (κ1) is 20.0. The van der Waals surface area contributed by atoms with Crippen LogP contribution in [0.2, 0.25) is 0 Å². The van der Waals surface area contributed by atoms with Crippen molar-refractivity contribution in [3.63, 3.8) is 0 Å². The van der Waals surface area contributed by atoms with Crippen molar-refractivity contribution >= 4 is 40.7 Å². The number of rotatable bonds is 5. The summed E-state index contributed by atoms with van der Waals surface area (Å²) in [6.07, 6.45) is 3.67. The van der Waals surface area contributed by atoms with Gasteiger partial charge in [-0.1, -0.05) is 36.4 Å². The molecule has 1 saturated heterocycles. The molecule has 0 aliphatic carbocycles. The zero-order chi connectivity index (χ0) is 18.9. The lowest BCUT2D eigenvalue weighted by Gasteiger charge is -2.44. The standard InChI is InChI=1S/C19H23Cl2NO3S/c1-2-15(17(24)12-3-5-13(23)6-4-12)22-9-7-19(25,8-10-22)14-11-16(20)26-18(14)21/h3-6,11,14-15,18,23,25H,2,7-10H2,1H3. The molecule has 4 nitrogen and oxygen atoms in total. The lowest BCUT2D eigenvalue weighted by atomic mass is 9.79. The number of hydrogen-bond donors (Lipinski definition) is 2. The van der Waals surface area contributed by atoms with E-state index in [1.165, 1.54) is 23.9 Å². The minimum absolute atomic E-state index is 0.0486. The third kappa shape index (κ3) is 4.07. The molecular formula is C19H23Cl2NO3S. The summed E-state index contributed by atoms with van der Waals surface area (Å²) in [6.45, 7) is 3.26. The van der Waals surface area contributed by atoms with E-state index in [4.69, 9.17) is 23.2 Å². The zero-order valence-electron chi connectivity index (χ0n) is 14.6. The number of ketones is 1. The number of benzene rings is 1. The van der Waals surface area contributed by atoms with Crippen LogP contribution < -0.4 is 0 Å². The minimum Gasteiger partial charge on any atom is -0.508 e. The van der Waals surface area contributed by atoms with Crippen molar-refractivity contribution in [2.75, 3.05) is 13.1 Å². The number of thioether (sulfide) groups is 1. The lowest BCUT2D eigenvalue weighted by molar-refractivity contribution is -0.0543. The van der Waals surface area contributed by atoms with Crippen LogP contribution in [0.5, 0.6) is 5.75 Å². The summed E-state index contributed by atoms with van der Waals surface area (Å²) in [4.78, 5) is 15.0. The van der Waals surface area contributed by atoms with Crippen LogP contribution in [0.4, 0.5) is 0 Å². The van der Waals surface area contributed by atoms with Gasteiger partial charge in [-0.05, 0) is 43.5 Å². The van der Waals surface area contributed by atoms with Crippen LogP contribution in [-0.4, -0.2) is 50.3 Å². The quantitative estimate of drug-likeness (QED) is 0.557. The highest BCUT2D eigenvalue weighted by molar-refractivity contribution is 8.06. The fourth-order valence-corrected chi connectivity index (χ4v) is 5.89. The van der Waals surface area contributed by atoms with Crippen molar-refractivity contribution in [1.29, 1.82) is 0 Å². The normalized spacial score (nSPS) is 27.2. The largest absolute Gasteiger partial charge is 0.508 e. The van der Waals surface area contributed by atoms with E-state index in [2.05, 4.69) is 4.90 Å². The number of phenols is 1. The minimum atomic E-state index is -0.883. The van der Waals surface area contributed by atoms with Crippen molar-refractivity contribution < 1.29 is 15.0 Å². The van der Waals surface area contributed by atoms with E-state index in [-0.39, 0.29) is 28.2 Å². The highest BCUT2D eigenvalue weighted by Crippen LogP contribution is 2.48. The molecule has 0 radical (unpaired) electrons. The molecule has 2 N–H and O–H groups in total. The summed E-state index contributed by atoms with van der Waals surface area (Å²) in [5, 5.41) is 20.5. The third-order valence-electron chi connectivity index (χ3n) is 5.38. The van der Waals surface area contributed by atoms with Crippen LogP contribution in [0.3, 0.4) is 0 Å². The zero-order valence-corrected chi connectivity index (χ0v) is 16.9. The average molecular weight is 416 g/mol. The van der Waals surface area contributed by atoms with Crippen LogP contribution in [0, 0.1) is 5.92 Å². The van der Waals surface area contributed by atoms with E-state index in [0.29, 0.717) is 42.3 Å². The molecule has 2 aliphatic rings. The summed E-state index contributed by atoms with van der Waals surface area (Å²) >= 11 is 13.8. The Labute approximate surface area is 168 Å². The summed E-state index contributed by atoms with van der Waals surface area (Å²) in [5.41, 5.74) is -0.287. The van der Waals surface area contributed by atoms with Crippen LogP contribution in [0.15, 0.2) is 34.7 Å². The number of Topliss-reactive ketones (excluding diaryl/α,β-unsaturated/α-hetero) is 1. The molecule has 3 rings (SSSR count). The highest BCUT2D eigenvalue weighted by Gasteiger charge is 2.46. The second kappa shape index (κ2) is 8.11. The number of piperidine rings is 1. The topological polar surface area (TPSA) is 60.8 Å². The van der Waals surface area contributed by atoms with Gasteiger partial charge in [0.15, 0.2) is 5.78 Å². The van der Waals surface area contributed by atoms with Crippen LogP contribution in [-0.2, 0) is 0 Å². The number of likely N-dealkylation sites (tertiary alicyclic amines) is 1. The Balaban J connectivity index is 1.67. The molecule has 0 aromatic heterocycles. The fourth-order valence-electron chi connectivity index (χ4n) is 3.82. The fraction of sp³-hybridized carbons (Fsp3) is 0.526.